The number of amides is 1. The zero-order chi connectivity index (χ0) is 19.6. The molecule has 1 amide bonds. The number of methoxy groups -OCH3 is 1. The topological polar surface area (TPSA) is 82.3 Å². The van der Waals surface area contributed by atoms with Crippen molar-refractivity contribution >= 4 is 33.1 Å². The Bertz CT molecular complexity index is 1120. The van der Waals surface area contributed by atoms with Gasteiger partial charge in [-0.25, -0.2) is 13.6 Å². The van der Waals surface area contributed by atoms with Gasteiger partial charge in [-0.15, -0.1) is 11.3 Å². The number of hydrogen-bond donors (Lipinski definition) is 1. The van der Waals surface area contributed by atoms with Crippen molar-refractivity contribution in [2.75, 3.05) is 19.0 Å². The highest BCUT2D eigenvalue weighted by atomic mass is 32.1. The maximum absolute atomic E-state index is 13.7. The number of carbonyl (C=O) groups excluding carboxylic acids is 1. The lowest BCUT2D eigenvalue weighted by molar-refractivity contribution is -0.116. The van der Waals surface area contributed by atoms with Crippen molar-refractivity contribution < 1.29 is 18.3 Å². The van der Waals surface area contributed by atoms with Gasteiger partial charge in [0.05, 0.1) is 24.4 Å². The van der Waals surface area contributed by atoms with E-state index in [0.717, 1.165) is 32.6 Å². The lowest BCUT2D eigenvalue weighted by Crippen LogP contribution is -2.42. The van der Waals surface area contributed by atoms with E-state index in [9.17, 15) is 23.2 Å². The van der Waals surface area contributed by atoms with Gasteiger partial charge in [-0.1, -0.05) is 0 Å². The largest absolute Gasteiger partial charge is 0.383 e. The van der Waals surface area contributed by atoms with Gasteiger partial charge >= 0.3 is 5.69 Å². The fourth-order valence-electron chi connectivity index (χ4n) is 2.59. The maximum Gasteiger partial charge on any atom is 0.332 e. The van der Waals surface area contributed by atoms with Gasteiger partial charge in [-0.3, -0.25) is 18.7 Å². The van der Waals surface area contributed by atoms with Crippen LogP contribution in [0.3, 0.4) is 0 Å². The molecule has 142 valence electrons. The Morgan fingerprint density at radius 2 is 2.00 bits per heavy atom. The van der Waals surface area contributed by atoms with E-state index in [4.69, 9.17) is 4.74 Å². The summed E-state index contributed by atoms with van der Waals surface area (Å²) in [6, 6.07) is 4.30. The highest BCUT2D eigenvalue weighted by Gasteiger charge is 2.17. The Hall–Kier alpha value is -2.85. The van der Waals surface area contributed by atoms with Crippen LogP contribution in [0, 0.1) is 11.6 Å². The molecule has 7 nitrogen and oxygen atoms in total. The van der Waals surface area contributed by atoms with Crippen molar-refractivity contribution in [3.05, 3.63) is 62.1 Å². The number of hydrogen-bond acceptors (Lipinski definition) is 5. The minimum atomic E-state index is -0.929. The molecule has 0 saturated heterocycles. The van der Waals surface area contributed by atoms with Gasteiger partial charge in [0, 0.05) is 13.2 Å². The summed E-state index contributed by atoms with van der Waals surface area (Å²) in [5, 5.41) is 3.94. The molecule has 3 aromatic rings. The van der Waals surface area contributed by atoms with Crippen molar-refractivity contribution in [3.8, 4) is 0 Å². The molecule has 0 radical (unpaired) electrons. The third kappa shape index (κ3) is 3.81. The first-order chi connectivity index (χ1) is 12.9. The van der Waals surface area contributed by atoms with Gasteiger partial charge in [-0.05, 0) is 23.6 Å². The molecule has 2 aromatic heterocycles. The molecular weight excluding hydrogens is 380 g/mol. The van der Waals surface area contributed by atoms with E-state index in [2.05, 4.69) is 5.32 Å². The van der Waals surface area contributed by atoms with Gasteiger partial charge in [0.1, 0.15) is 22.9 Å². The van der Waals surface area contributed by atoms with Crippen molar-refractivity contribution in [2.45, 2.75) is 13.1 Å². The van der Waals surface area contributed by atoms with Gasteiger partial charge in [0.25, 0.3) is 5.56 Å². The molecule has 0 spiro atoms. The summed E-state index contributed by atoms with van der Waals surface area (Å²) in [4.78, 5) is 37.4. The molecule has 2 heterocycles. The van der Waals surface area contributed by atoms with Crippen LogP contribution in [-0.4, -0.2) is 28.8 Å². The SMILES string of the molecule is COCCn1c(=O)c2sccc2n(CC(=O)Nc2ccc(F)cc2F)c1=O. The van der Waals surface area contributed by atoms with Crippen molar-refractivity contribution in [2.24, 2.45) is 0 Å². The van der Waals surface area contributed by atoms with E-state index < -0.39 is 35.3 Å². The van der Waals surface area contributed by atoms with Crippen molar-refractivity contribution in [3.63, 3.8) is 0 Å². The molecule has 0 aliphatic rings. The Morgan fingerprint density at radius 1 is 1.22 bits per heavy atom. The van der Waals surface area contributed by atoms with Gasteiger partial charge in [0.15, 0.2) is 0 Å². The number of nitrogens with one attached hydrogen (secondary N) is 1. The molecule has 0 aliphatic carbocycles. The number of halogens is 2. The number of benzene rings is 1. The molecule has 0 unspecified atom stereocenters. The van der Waals surface area contributed by atoms with Crippen molar-refractivity contribution in [1.29, 1.82) is 0 Å². The number of rotatable bonds is 6. The molecule has 0 aliphatic heterocycles. The molecular formula is C17H15F2N3O4S. The minimum absolute atomic E-state index is 0.0379. The van der Waals surface area contributed by atoms with Gasteiger partial charge in [-0.2, -0.15) is 0 Å². The van der Waals surface area contributed by atoms with E-state index in [-0.39, 0.29) is 18.8 Å². The minimum Gasteiger partial charge on any atom is -0.383 e. The highest BCUT2D eigenvalue weighted by molar-refractivity contribution is 7.17. The normalized spacial score (nSPS) is 11.1. The molecule has 10 heteroatoms. The summed E-state index contributed by atoms with van der Waals surface area (Å²) in [5.74, 6) is -2.39. The van der Waals surface area contributed by atoms with Crippen LogP contribution < -0.4 is 16.6 Å². The number of carbonyl (C=O) groups is 1. The van der Waals surface area contributed by atoms with E-state index in [1.54, 1.807) is 11.4 Å². The van der Waals surface area contributed by atoms with Crippen molar-refractivity contribution in [1.82, 2.24) is 9.13 Å². The predicted octanol–water partition coefficient (Wildman–Crippen LogP) is 1.79. The zero-order valence-electron chi connectivity index (χ0n) is 14.2. The predicted molar refractivity (Wildman–Crippen MR) is 97.2 cm³/mol. The van der Waals surface area contributed by atoms with Crippen LogP contribution in [0.25, 0.3) is 10.2 Å². The summed E-state index contributed by atoms with van der Waals surface area (Å²) >= 11 is 1.15. The third-order valence-electron chi connectivity index (χ3n) is 3.86. The number of ether oxygens (including phenoxy) is 1. The first-order valence-corrected chi connectivity index (χ1v) is 8.75. The second-order valence-electron chi connectivity index (χ2n) is 5.63. The Morgan fingerprint density at radius 3 is 2.70 bits per heavy atom. The van der Waals surface area contributed by atoms with E-state index in [1.807, 2.05) is 0 Å². The maximum atomic E-state index is 13.7. The van der Waals surface area contributed by atoms with Crippen LogP contribution in [0.15, 0.2) is 39.2 Å². The average Bonchev–Trinajstić information content (AvgIpc) is 3.11. The Kier molecular flexibility index (Phi) is 5.47. The summed E-state index contributed by atoms with van der Waals surface area (Å²) in [6.07, 6.45) is 0. The third-order valence-corrected chi connectivity index (χ3v) is 4.75. The quantitative estimate of drug-likeness (QED) is 0.690. The molecule has 1 aromatic carbocycles. The number of aromatic nitrogens is 2. The number of thiophene rings is 1. The lowest BCUT2D eigenvalue weighted by atomic mass is 10.3. The molecule has 0 atom stereocenters. The van der Waals surface area contributed by atoms with E-state index in [0.29, 0.717) is 16.3 Å². The summed E-state index contributed by atoms with van der Waals surface area (Å²) < 4.78 is 34.1. The first-order valence-electron chi connectivity index (χ1n) is 7.87. The van der Waals surface area contributed by atoms with Crippen LogP contribution in [0.2, 0.25) is 0 Å². The average molecular weight is 395 g/mol. The van der Waals surface area contributed by atoms with Crippen LogP contribution in [0.5, 0.6) is 0 Å². The fraction of sp³-hybridized carbons (Fsp3) is 0.235. The second-order valence-corrected chi connectivity index (χ2v) is 6.54. The van der Waals surface area contributed by atoms with Crippen LogP contribution >= 0.6 is 11.3 Å². The van der Waals surface area contributed by atoms with E-state index >= 15 is 0 Å². The molecule has 0 saturated carbocycles. The van der Waals surface area contributed by atoms with Gasteiger partial charge < -0.3 is 10.1 Å². The smallest absolute Gasteiger partial charge is 0.332 e. The van der Waals surface area contributed by atoms with E-state index in [1.165, 1.54) is 7.11 Å². The van der Waals surface area contributed by atoms with Crippen LogP contribution in [0.4, 0.5) is 14.5 Å². The number of anilines is 1. The Balaban J connectivity index is 1.96. The van der Waals surface area contributed by atoms with Gasteiger partial charge in [0.2, 0.25) is 5.91 Å². The number of fused-ring (bicyclic) bond motifs is 1. The summed E-state index contributed by atoms with van der Waals surface area (Å²) in [5.41, 5.74) is -1.01. The van der Waals surface area contributed by atoms with Crippen LogP contribution in [0.1, 0.15) is 0 Å². The second kappa shape index (κ2) is 7.80. The first kappa shape index (κ1) is 18.9. The molecule has 0 fully saturated rings. The summed E-state index contributed by atoms with van der Waals surface area (Å²) in [7, 11) is 1.44. The molecule has 1 N–H and O–H groups in total. The Labute approximate surface area is 155 Å². The summed E-state index contributed by atoms with van der Waals surface area (Å²) in [6.45, 7) is -0.245. The zero-order valence-corrected chi connectivity index (χ0v) is 15.0. The van der Waals surface area contributed by atoms with Crippen LogP contribution in [-0.2, 0) is 22.6 Å². The molecule has 27 heavy (non-hydrogen) atoms. The lowest BCUT2D eigenvalue weighted by Gasteiger charge is -2.12. The monoisotopic (exact) mass is 395 g/mol. The highest BCUT2D eigenvalue weighted by Crippen LogP contribution is 2.17. The fourth-order valence-corrected chi connectivity index (χ4v) is 3.43. The standard InChI is InChI=1S/C17H15F2N3O4S/c1-26-6-5-21-16(24)15-13(4-7-27-15)22(17(21)25)9-14(23)20-12-3-2-10(18)8-11(12)19/h2-4,7-8H,5-6,9H2,1H3,(H,20,23). The number of nitrogens with zero attached hydrogens (tertiary/aromatic N) is 2. The molecule has 3 rings (SSSR count). The molecule has 0 bridgehead atoms.